The Hall–Kier alpha value is -2.16. The van der Waals surface area contributed by atoms with Gasteiger partial charge in [-0.1, -0.05) is 32.0 Å². The van der Waals surface area contributed by atoms with Crippen molar-refractivity contribution < 1.29 is 4.79 Å². The number of pyridine rings is 1. The summed E-state index contributed by atoms with van der Waals surface area (Å²) in [7, 11) is 0. The number of aromatic nitrogens is 1. The van der Waals surface area contributed by atoms with Gasteiger partial charge in [0.2, 0.25) is 0 Å². The monoisotopic (exact) mass is 268 g/mol. The number of amides is 1. The van der Waals surface area contributed by atoms with Crippen LogP contribution in [0.25, 0.3) is 0 Å². The Balaban J connectivity index is 2.07. The Labute approximate surface area is 120 Å². The highest BCUT2D eigenvalue weighted by atomic mass is 16.1. The van der Waals surface area contributed by atoms with Gasteiger partial charge in [0.1, 0.15) is 0 Å². The van der Waals surface area contributed by atoms with E-state index in [1.807, 2.05) is 0 Å². The van der Waals surface area contributed by atoms with Crippen molar-refractivity contribution in [2.45, 2.75) is 33.2 Å². The molecule has 3 nitrogen and oxygen atoms in total. The summed E-state index contributed by atoms with van der Waals surface area (Å²) >= 11 is 0. The van der Waals surface area contributed by atoms with Crippen molar-refractivity contribution in [3.8, 4) is 0 Å². The van der Waals surface area contributed by atoms with E-state index in [1.165, 1.54) is 16.7 Å². The Morgan fingerprint density at radius 3 is 2.55 bits per heavy atom. The van der Waals surface area contributed by atoms with Crippen molar-refractivity contribution >= 4 is 5.91 Å². The van der Waals surface area contributed by atoms with E-state index in [0.29, 0.717) is 18.0 Å². The predicted octanol–water partition coefficient (Wildman–Crippen LogP) is 3.44. The van der Waals surface area contributed by atoms with Crippen LogP contribution in [0.2, 0.25) is 0 Å². The fourth-order valence-corrected chi connectivity index (χ4v) is 2.02. The molecular weight excluding hydrogens is 248 g/mol. The molecule has 2 rings (SSSR count). The molecule has 1 heterocycles. The summed E-state index contributed by atoms with van der Waals surface area (Å²) in [6.45, 7) is 6.96. The molecule has 0 aliphatic rings. The van der Waals surface area contributed by atoms with E-state index in [0.717, 1.165) is 0 Å². The lowest BCUT2D eigenvalue weighted by Crippen LogP contribution is -2.23. The van der Waals surface area contributed by atoms with E-state index in [9.17, 15) is 4.79 Å². The number of carbonyl (C=O) groups is 1. The molecule has 2 aromatic rings. The second-order valence-corrected chi connectivity index (χ2v) is 5.26. The maximum atomic E-state index is 12.0. The Kier molecular flexibility index (Phi) is 4.51. The SMILES string of the molecule is Cc1ccc(C(C)C)cc1CNC(=O)c1ccncc1. The number of aryl methyl sites for hydroxylation is 1. The van der Waals surface area contributed by atoms with Gasteiger partial charge in [-0.2, -0.15) is 0 Å². The van der Waals surface area contributed by atoms with Crippen LogP contribution in [0.4, 0.5) is 0 Å². The van der Waals surface area contributed by atoms with E-state index < -0.39 is 0 Å². The van der Waals surface area contributed by atoms with Gasteiger partial charge >= 0.3 is 0 Å². The van der Waals surface area contributed by atoms with Crippen molar-refractivity contribution in [1.29, 1.82) is 0 Å². The summed E-state index contributed by atoms with van der Waals surface area (Å²) in [5.74, 6) is 0.423. The van der Waals surface area contributed by atoms with Gasteiger partial charge in [-0.25, -0.2) is 0 Å². The highest BCUT2D eigenvalue weighted by Crippen LogP contribution is 2.18. The van der Waals surface area contributed by atoms with Crippen molar-refractivity contribution in [2.24, 2.45) is 0 Å². The first-order valence-electron chi connectivity index (χ1n) is 6.85. The highest BCUT2D eigenvalue weighted by Gasteiger charge is 2.07. The first kappa shape index (κ1) is 14.3. The first-order chi connectivity index (χ1) is 9.58. The smallest absolute Gasteiger partial charge is 0.251 e. The summed E-state index contributed by atoms with van der Waals surface area (Å²) in [4.78, 5) is 15.9. The minimum Gasteiger partial charge on any atom is -0.348 e. The molecule has 1 aromatic heterocycles. The van der Waals surface area contributed by atoms with Crippen LogP contribution < -0.4 is 5.32 Å². The average molecular weight is 268 g/mol. The van der Waals surface area contributed by atoms with Crippen LogP contribution >= 0.6 is 0 Å². The molecule has 0 aliphatic carbocycles. The standard InChI is InChI=1S/C17H20N2O/c1-12(2)15-5-4-13(3)16(10-15)11-19-17(20)14-6-8-18-9-7-14/h4-10,12H,11H2,1-3H3,(H,19,20). The van der Waals surface area contributed by atoms with Crippen molar-refractivity contribution in [2.75, 3.05) is 0 Å². The van der Waals surface area contributed by atoms with Gasteiger partial charge in [-0.3, -0.25) is 9.78 Å². The van der Waals surface area contributed by atoms with Crippen LogP contribution in [0.15, 0.2) is 42.7 Å². The number of rotatable bonds is 4. The molecule has 0 unspecified atom stereocenters. The molecule has 1 N–H and O–H groups in total. The molecule has 1 amide bonds. The van der Waals surface area contributed by atoms with Gasteiger partial charge in [0.15, 0.2) is 0 Å². The summed E-state index contributed by atoms with van der Waals surface area (Å²) in [5, 5.41) is 2.96. The third-order valence-electron chi connectivity index (χ3n) is 3.42. The summed E-state index contributed by atoms with van der Waals surface area (Å²) in [6, 6.07) is 9.86. The zero-order valence-corrected chi connectivity index (χ0v) is 12.2. The Morgan fingerprint density at radius 2 is 1.90 bits per heavy atom. The highest BCUT2D eigenvalue weighted by molar-refractivity contribution is 5.93. The maximum Gasteiger partial charge on any atom is 0.251 e. The molecule has 0 radical (unpaired) electrons. The summed E-state index contributed by atoms with van der Waals surface area (Å²) in [6.07, 6.45) is 3.25. The number of hydrogen-bond acceptors (Lipinski definition) is 2. The van der Waals surface area contributed by atoms with Gasteiger partial charge in [0, 0.05) is 24.5 Å². The van der Waals surface area contributed by atoms with E-state index in [4.69, 9.17) is 0 Å². The lowest BCUT2D eigenvalue weighted by atomic mass is 9.98. The van der Waals surface area contributed by atoms with Gasteiger partial charge in [-0.15, -0.1) is 0 Å². The lowest BCUT2D eigenvalue weighted by Gasteiger charge is -2.12. The second kappa shape index (κ2) is 6.33. The van der Waals surface area contributed by atoms with E-state index in [2.05, 4.69) is 49.3 Å². The van der Waals surface area contributed by atoms with Crippen molar-refractivity contribution in [3.63, 3.8) is 0 Å². The zero-order valence-electron chi connectivity index (χ0n) is 12.2. The fraction of sp³-hybridized carbons (Fsp3) is 0.294. The lowest BCUT2D eigenvalue weighted by molar-refractivity contribution is 0.0951. The van der Waals surface area contributed by atoms with Crippen molar-refractivity contribution in [1.82, 2.24) is 10.3 Å². The van der Waals surface area contributed by atoms with Crippen LogP contribution in [0.1, 0.15) is 46.8 Å². The molecule has 0 atom stereocenters. The molecule has 0 spiro atoms. The fourth-order valence-electron chi connectivity index (χ4n) is 2.02. The molecule has 0 aliphatic heterocycles. The van der Waals surface area contributed by atoms with Crippen LogP contribution in [-0.2, 0) is 6.54 Å². The minimum absolute atomic E-state index is 0.0678. The van der Waals surface area contributed by atoms with E-state index in [-0.39, 0.29) is 5.91 Å². The van der Waals surface area contributed by atoms with Crippen molar-refractivity contribution in [3.05, 3.63) is 65.0 Å². The van der Waals surface area contributed by atoms with E-state index >= 15 is 0 Å². The van der Waals surface area contributed by atoms with Gasteiger partial charge in [-0.05, 0) is 41.7 Å². The maximum absolute atomic E-state index is 12.0. The first-order valence-corrected chi connectivity index (χ1v) is 6.85. The third-order valence-corrected chi connectivity index (χ3v) is 3.42. The van der Waals surface area contributed by atoms with Gasteiger partial charge in [0.05, 0.1) is 0 Å². The normalized spacial score (nSPS) is 10.6. The summed E-state index contributed by atoms with van der Waals surface area (Å²) < 4.78 is 0. The molecule has 0 saturated carbocycles. The number of hydrogen-bond donors (Lipinski definition) is 1. The minimum atomic E-state index is -0.0678. The third kappa shape index (κ3) is 3.44. The predicted molar refractivity (Wildman–Crippen MR) is 80.7 cm³/mol. The van der Waals surface area contributed by atoms with Gasteiger partial charge in [0.25, 0.3) is 5.91 Å². The zero-order chi connectivity index (χ0) is 14.5. The molecule has 1 aromatic carbocycles. The number of nitrogens with one attached hydrogen (secondary N) is 1. The van der Waals surface area contributed by atoms with Crippen LogP contribution in [0.5, 0.6) is 0 Å². The molecule has 0 saturated heterocycles. The largest absolute Gasteiger partial charge is 0.348 e. The molecule has 104 valence electrons. The topological polar surface area (TPSA) is 42.0 Å². The molecule has 0 fully saturated rings. The number of benzene rings is 1. The Bertz CT molecular complexity index is 591. The van der Waals surface area contributed by atoms with E-state index in [1.54, 1.807) is 24.5 Å². The average Bonchev–Trinajstić information content (AvgIpc) is 2.46. The second-order valence-electron chi connectivity index (χ2n) is 5.26. The van der Waals surface area contributed by atoms with Gasteiger partial charge < -0.3 is 5.32 Å². The Morgan fingerprint density at radius 1 is 1.20 bits per heavy atom. The summed E-state index contributed by atoms with van der Waals surface area (Å²) in [5.41, 5.74) is 4.30. The quantitative estimate of drug-likeness (QED) is 0.923. The van der Waals surface area contributed by atoms with Crippen LogP contribution in [-0.4, -0.2) is 10.9 Å². The molecular formula is C17H20N2O. The molecule has 3 heteroatoms. The van der Waals surface area contributed by atoms with Crippen LogP contribution in [0.3, 0.4) is 0 Å². The number of nitrogens with zero attached hydrogens (tertiary/aromatic N) is 1. The molecule has 0 bridgehead atoms. The van der Waals surface area contributed by atoms with Crippen LogP contribution in [0, 0.1) is 6.92 Å². The number of carbonyl (C=O) groups excluding carboxylic acids is 1. The molecule has 20 heavy (non-hydrogen) atoms.